The van der Waals surface area contributed by atoms with E-state index in [2.05, 4.69) is 20.3 Å². The predicted octanol–water partition coefficient (Wildman–Crippen LogP) is 3.16. The van der Waals surface area contributed by atoms with Crippen molar-refractivity contribution in [2.24, 2.45) is 0 Å². The van der Waals surface area contributed by atoms with E-state index < -0.39 is 5.60 Å². The minimum absolute atomic E-state index is 0.339. The highest BCUT2D eigenvalue weighted by molar-refractivity contribution is 5.47. The Labute approximate surface area is 139 Å². The largest absolute Gasteiger partial charge is 0.493 e. The van der Waals surface area contributed by atoms with E-state index in [1.54, 1.807) is 13.2 Å². The zero-order valence-corrected chi connectivity index (χ0v) is 14.0. The highest BCUT2D eigenvalue weighted by Crippen LogP contribution is 2.33. The van der Waals surface area contributed by atoms with E-state index in [1.807, 2.05) is 51.1 Å². The van der Waals surface area contributed by atoms with Gasteiger partial charge in [0.1, 0.15) is 5.69 Å². The number of nitrogens with zero attached hydrogens (tertiary/aromatic N) is 4. The molecule has 0 saturated carbocycles. The Morgan fingerprint density at radius 1 is 1.00 bits per heavy atom. The third kappa shape index (κ3) is 3.19. The van der Waals surface area contributed by atoms with Gasteiger partial charge in [-0.15, -0.1) is 5.10 Å². The van der Waals surface area contributed by atoms with Crippen molar-refractivity contribution in [3.8, 4) is 23.0 Å². The first kappa shape index (κ1) is 15.9. The van der Waals surface area contributed by atoms with E-state index in [-0.39, 0.29) is 0 Å². The second-order valence-electron chi connectivity index (χ2n) is 5.75. The number of para-hydroxylation sites is 2. The first-order chi connectivity index (χ1) is 11.5. The lowest BCUT2D eigenvalue weighted by Crippen LogP contribution is -2.26. The number of aromatic nitrogens is 4. The van der Waals surface area contributed by atoms with Gasteiger partial charge in [-0.2, -0.15) is 10.1 Å². The number of ether oxygens (including phenoxy) is 2. The fraction of sp³-hybridized carbons (Fsp3) is 0.294. The van der Waals surface area contributed by atoms with Crippen LogP contribution in [0, 0.1) is 6.92 Å². The van der Waals surface area contributed by atoms with E-state index in [9.17, 15) is 0 Å². The Kier molecular flexibility index (Phi) is 4.16. The lowest BCUT2D eigenvalue weighted by atomic mass is 10.1. The predicted molar refractivity (Wildman–Crippen MR) is 86.7 cm³/mol. The molecular formula is C17H18N4O3. The second kappa shape index (κ2) is 6.27. The molecule has 124 valence electrons. The van der Waals surface area contributed by atoms with E-state index in [1.165, 1.54) is 0 Å². The van der Waals surface area contributed by atoms with Crippen molar-refractivity contribution in [1.82, 2.24) is 20.3 Å². The molecule has 0 radical (unpaired) electrons. The van der Waals surface area contributed by atoms with Crippen LogP contribution in [0.4, 0.5) is 0 Å². The lowest BCUT2D eigenvalue weighted by molar-refractivity contribution is 0.0660. The molecule has 1 aromatic carbocycles. The van der Waals surface area contributed by atoms with Crippen molar-refractivity contribution in [3.63, 3.8) is 0 Å². The van der Waals surface area contributed by atoms with Crippen LogP contribution in [-0.2, 0) is 5.60 Å². The van der Waals surface area contributed by atoms with Crippen molar-refractivity contribution < 1.29 is 14.0 Å². The zero-order valence-electron chi connectivity index (χ0n) is 14.0. The average molecular weight is 326 g/mol. The summed E-state index contributed by atoms with van der Waals surface area (Å²) in [6.45, 7) is 5.55. The lowest BCUT2D eigenvalue weighted by Gasteiger charge is -2.23. The summed E-state index contributed by atoms with van der Waals surface area (Å²) in [5, 5.41) is 12.0. The summed E-state index contributed by atoms with van der Waals surface area (Å²) in [4.78, 5) is 4.39. The second-order valence-corrected chi connectivity index (χ2v) is 5.75. The molecule has 2 heterocycles. The van der Waals surface area contributed by atoms with Crippen LogP contribution in [0.3, 0.4) is 0 Å². The van der Waals surface area contributed by atoms with E-state index >= 15 is 0 Å². The monoisotopic (exact) mass is 326 g/mol. The van der Waals surface area contributed by atoms with Gasteiger partial charge >= 0.3 is 0 Å². The van der Waals surface area contributed by atoms with Gasteiger partial charge in [-0.3, -0.25) is 0 Å². The molecule has 2 aromatic heterocycles. The maximum absolute atomic E-state index is 6.02. The van der Waals surface area contributed by atoms with E-state index in [0.717, 1.165) is 5.69 Å². The number of methoxy groups -OCH3 is 1. The van der Waals surface area contributed by atoms with Gasteiger partial charge in [0.05, 0.1) is 12.8 Å². The van der Waals surface area contributed by atoms with Gasteiger partial charge in [-0.05, 0) is 45.0 Å². The molecule has 0 unspecified atom stereocenters. The van der Waals surface area contributed by atoms with Crippen LogP contribution in [0.1, 0.15) is 25.4 Å². The molecule has 0 fully saturated rings. The molecule has 0 aliphatic heterocycles. The quantitative estimate of drug-likeness (QED) is 0.712. The molecule has 0 aliphatic carbocycles. The summed E-state index contributed by atoms with van der Waals surface area (Å²) < 4.78 is 16.7. The van der Waals surface area contributed by atoms with Gasteiger partial charge in [0.25, 0.3) is 5.89 Å². The summed E-state index contributed by atoms with van der Waals surface area (Å²) in [5.74, 6) is 1.94. The zero-order chi connectivity index (χ0) is 17.2. The summed E-state index contributed by atoms with van der Waals surface area (Å²) in [6, 6.07) is 11.0. The standard InChI is InChI=1S/C17H18N4O3/c1-11-9-10-12(20-19-11)15-18-16(24-21-15)17(2,3)23-14-8-6-5-7-13(14)22-4/h5-10H,1-4H3. The first-order valence-corrected chi connectivity index (χ1v) is 7.46. The van der Waals surface area contributed by atoms with E-state index in [0.29, 0.717) is 28.9 Å². The molecule has 7 heteroatoms. The first-order valence-electron chi connectivity index (χ1n) is 7.46. The molecule has 0 bridgehead atoms. The number of hydrogen-bond donors (Lipinski definition) is 0. The molecular weight excluding hydrogens is 308 g/mol. The third-order valence-corrected chi connectivity index (χ3v) is 3.40. The van der Waals surface area contributed by atoms with Crippen LogP contribution in [0.15, 0.2) is 40.9 Å². The van der Waals surface area contributed by atoms with Crippen LogP contribution < -0.4 is 9.47 Å². The number of benzene rings is 1. The molecule has 0 saturated heterocycles. The molecule has 0 atom stereocenters. The molecule has 3 aromatic rings. The number of hydrogen-bond acceptors (Lipinski definition) is 7. The van der Waals surface area contributed by atoms with E-state index in [4.69, 9.17) is 14.0 Å². The summed E-state index contributed by atoms with van der Waals surface area (Å²) in [5.41, 5.74) is 0.531. The van der Waals surface area contributed by atoms with Crippen LogP contribution in [-0.4, -0.2) is 27.4 Å². The Morgan fingerprint density at radius 3 is 2.42 bits per heavy atom. The minimum Gasteiger partial charge on any atom is -0.493 e. The average Bonchev–Trinajstić information content (AvgIpc) is 3.07. The molecule has 24 heavy (non-hydrogen) atoms. The van der Waals surface area contributed by atoms with Gasteiger partial charge in [0, 0.05) is 0 Å². The molecule has 3 rings (SSSR count). The third-order valence-electron chi connectivity index (χ3n) is 3.40. The SMILES string of the molecule is COc1ccccc1OC(C)(C)c1nc(-c2ccc(C)nn2)no1. The Hall–Kier alpha value is -2.96. The fourth-order valence-corrected chi connectivity index (χ4v) is 2.11. The molecule has 0 N–H and O–H groups in total. The number of aryl methyl sites for hydroxylation is 1. The summed E-state index contributed by atoms with van der Waals surface area (Å²) >= 11 is 0. The van der Waals surface area contributed by atoms with Gasteiger partial charge in [-0.25, -0.2) is 0 Å². The smallest absolute Gasteiger partial charge is 0.270 e. The maximum atomic E-state index is 6.02. The fourth-order valence-electron chi connectivity index (χ4n) is 2.11. The minimum atomic E-state index is -0.835. The summed E-state index contributed by atoms with van der Waals surface area (Å²) in [7, 11) is 1.59. The van der Waals surface area contributed by atoms with Gasteiger partial charge in [-0.1, -0.05) is 17.3 Å². The molecule has 7 nitrogen and oxygen atoms in total. The summed E-state index contributed by atoms with van der Waals surface area (Å²) in [6.07, 6.45) is 0. The van der Waals surface area contributed by atoms with Crippen molar-refractivity contribution in [2.45, 2.75) is 26.4 Å². The van der Waals surface area contributed by atoms with Crippen LogP contribution in [0.2, 0.25) is 0 Å². The number of rotatable bonds is 5. The highest BCUT2D eigenvalue weighted by Gasteiger charge is 2.31. The topological polar surface area (TPSA) is 83.2 Å². The van der Waals surface area contributed by atoms with Crippen molar-refractivity contribution >= 4 is 0 Å². The molecule has 0 amide bonds. The van der Waals surface area contributed by atoms with Crippen LogP contribution in [0.5, 0.6) is 11.5 Å². The van der Waals surface area contributed by atoms with Crippen molar-refractivity contribution in [2.75, 3.05) is 7.11 Å². The van der Waals surface area contributed by atoms with Crippen LogP contribution >= 0.6 is 0 Å². The molecule has 0 spiro atoms. The van der Waals surface area contributed by atoms with Gasteiger partial charge in [0.2, 0.25) is 5.82 Å². The Bertz CT molecular complexity index is 828. The maximum Gasteiger partial charge on any atom is 0.270 e. The Morgan fingerprint density at radius 2 is 1.75 bits per heavy atom. The van der Waals surface area contributed by atoms with Crippen molar-refractivity contribution in [3.05, 3.63) is 48.0 Å². The Balaban J connectivity index is 1.86. The molecule has 0 aliphatic rings. The highest BCUT2D eigenvalue weighted by atomic mass is 16.5. The van der Waals surface area contributed by atoms with Crippen molar-refractivity contribution in [1.29, 1.82) is 0 Å². The van der Waals surface area contributed by atoms with Crippen LogP contribution in [0.25, 0.3) is 11.5 Å². The van der Waals surface area contributed by atoms with Gasteiger partial charge < -0.3 is 14.0 Å². The normalized spacial score (nSPS) is 11.3. The van der Waals surface area contributed by atoms with Gasteiger partial charge in [0.15, 0.2) is 17.1 Å².